The van der Waals surface area contributed by atoms with E-state index >= 15 is 0 Å². The molecule has 0 aliphatic carbocycles. The van der Waals surface area contributed by atoms with Gasteiger partial charge in [0.15, 0.2) is 0 Å². The van der Waals surface area contributed by atoms with E-state index in [0.717, 1.165) is 25.9 Å². The van der Waals surface area contributed by atoms with Crippen LogP contribution in [0.5, 0.6) is 0 Å². The molecular formula is C18H25N3O3. The number of ether oxygens (including phenoxy) is 1. The van der Waals surface area contributed by atoms with Crippen LogP contribution in [0.4, 0.5) is 0 Å². The maximum Gasteiger partial charge on any atom is 0.254 e. The second-order valence-corrected chi connectivity index (χ2v) is 6.52. The first-order valence-electron chi connectivity index (χ1n) is 8.59. The van der Waals surface area contributed by atoms with Gasteiger partial charge >= 0.3 is 0 Å². The maximum absolute atomic E-state index is 12.6. The Labute approximate surface area is 142 Å². The van der Waals surface area contributed by atoms with E-state index in [4.69, 9.17) is 4.74 Å². The number of carbonyl (C=O) groups excluding carboxylic acids is 2. The van der Waals surface area contributed by atoms with E-state index in [1.165, 1.54) is 0 Å². The average Bonchev–Trinajstić information content (AvgIpc) is 3.09. The molecule has 0 saturated carbocycles. The largest absolute Gasteiger partial charge is 0.374 e. The van der Waals surface area contributed by atoms with E-state index in [2.05, 4.69) is 17.3 Å². The second-order valence-electron chi connectivity index (χ2n) is 6.52. The van der Waals surface area contributed by atoms with Crippen LogP contribution in [0.25, 0.3) is 0 Å². The molecule has 1 N–H and O–H groups in total. The first kappa shape index (κ1) is 16.9. The third-order valence-corrected chi connectivity index (χ3v) is 4.68. The monoisotopic (exact) mass is 331 g/mol. The van der Waals surface area contributed by atoms with Crippen LogP contribution in [-0.4, -0.2) is 73.6 Å². The van der Waals surface area contributed by atoms with Crippen LogP contribution < -0.4 is 5.32 Å². The van der Waals surface area contributed by atoms with Gasteiger partial charge in [-0.1, -0.05) is 18.2 Å². The molecule has 1 aromatic carbocycles. The first-order chi connectivity index (χ1) is 11.6. The summed E-state index contributed by atoms with van der Waals surface area (Å²) in [5.74, 6) is -0.143. The summed E-state index contributed by atoms with van der Waals surface area (Å²) in [4.78, 5) is 29.1. The molecule has 2 heterocycles. The van der Waals surface area contributed by atoms with E-state index < -0.39 is 0 Å². The number of benzene rings is 1. The Balaban J connectivity index is 1.56. The molecule has 1 aromatic rings. The molecule has 130 valence electrons. The summed E-state index contributed by atoms with van der Waals surface area (Å²) in [5, 5.41) is 2.97. The highest BCUT2D eigenvalue weighted by Crippen LogP contribution is 2.20. The highest BCUT2D eigenvalue weighted by Gasteiger charge is 2.34. The second kappa shape index (κ2) is 7.77. The minimum Gasteiger partial charge on any atom is -0.374 e. The Hall–Kier alpha value is -1.92. The lowest BCUT2D eigenvalue weighted by Crippen LogP contribution is -2.50. The van der Waals surface area contributed by atoms with Crippen molar-refractivity contribution >= 4 is 11.8 Å². The summed E-state index contributed by atoms with van der Waals surface area (Å²) >= 11 is 0. The van der Waals surface area contributed by atoms with Crippen molar-refractivity contribution < 1.29 is 14.3 Å². The topological polar surface area (TPSA) is 61.9 Å². The van der Waals surface area contributed by atoms with Gasteiger partial charge in [-0.15, -0.1) is 0 Å². The van der Waals surface area contributed by atoms with Gasteiger partial charge in [0.1, 0.15) is 6.04 Å². The molecule has 24 heavy (non-hydrogen) atoms. The number of nitrogens with one attached hydrogen (secondary N) is 1. The molecule has 6 heteroatoms. The van der Waals surface area contributed by atoms with Crippen LogP contribution in [0, 0.1) is 0 Å². The van der Waals surface area contributed by atoms with Gasteiger partial charge in [-0.05, 0) is 32.0 Å². The van der Waals surface area contributed by atoms with E-state index in [1.807, 2.05) is 18.2 Å². The van der Waals surface area contributed by atoms with Gasteiger partial charge in [0.2, 0.25) is 5.91 Å². The molecule has 2 amide bonds. The Morgan fingerprint density at radius 2 is 2.04 bits per heavy atom. The molecule has 3 rings (SSSR count). The predicted octanol–water partition coefficient (Wildman–Crippen LogP) is 0.738. The summed E-state index contributed by atoms with van der Waals surface area (Å²) in [6, 6.07) is 8.78. The smallest absolute Gasteiger partial charge is 0.254 e. The lowest BCUT2D eigenvalue weighted by molar-refractivity contribution is -0.126. The molecule has 0 bridgehead atoms. The van der Waals surface area contributed by atoms with Crippen molar-refractivity contribution in [1.82, 2.24) is 15.1 Å². The Bertz CT molecular complexity index is 578. The van der Waals surface area contributed by atoms with Crippen molar-refractivity contribution in [1.29, 1.82) is 0 Å². The number of amides is 2. The fraction of sp³-hybridized carbons (Fsp3) is 0.556. The van der Waals surface area contributed by atoms with Crippen LogP contribution >= 0.6 is 0 Å². The van der Waals surface area contributed by atoms with Gasteiger partial charge in [0.25, 0.3) is 5.91 Å². The summed E-state index contributed by atoms with van der Waals surface area (Å²) in [7, 11) is 2.05. The van der Waals surface area contributed by atoms with Gasteiger partial charge in [-0.25, -0.2) is 0 Å². The zero-order valence-electron chi connectivity index (χ0n) is 14.1. The van der Waals surface area contributed by atoms with Gasteiger partial charge in [-0.3, -0.25) is 9.59 Å². The number of hydrogen-bond acceptors (Lipinski definition) is 4. The lowest BCUT2D eigenvalue weighted by Gasteiger charge is -2.31. The number of nitrogens with zero attached hydrogens (tertiary/aromatic N) is 2. The molecule has 2 unspecified atom stereocenters. The number of rotatable bonds is 4. The molecule has 6 nitrogen and oxygen atoms in total. The predicted molar refractivity (Wildman–Crippen MR) is 90.7 cm³/mol. The van der Waals surface area contributed by atoms with E-state index in [1.54, 1.807) is 17.0 Å². The highest BCUT2D eigenvalue weighted by atomic mass is 16.5. The summed E-state index contributed by atoms with van der Waals surface area (Å²) < 4.78 is 5.67. The van der Waals surface area contributed by atoms with E-state index in [9.17, 15) is 9.59 Å². The minimum atomic E-state index is -0.376. The van der Waals surface area contributed by atoms with Crippen LogP contribution in [0.3, 0.4) is 0 Å². The number of carbonyl (C=O) groups is 2. The Morgan fingerprint density at radius 1 is 1.25 bits per heavy atom. The van der Waals surface area contributed by atoms with Crippen molar-refractivity contribution in [2.75, 3.05) is 39.8 Å². The van der Waals surface area contributed by atoms with Gasteiger partial charge < -0.3 is 19.9 Å². The summed E-state index contributed by atoms with van der Waals surface area (Å²) in [6.45, 7) is 3.56. The molecule has 2 atom stereocenters. The van der Waals surface area contributed by atoms with Crippen molar-refractivity contribution in [2.45, 2.75) is 25.0 Å². The summed E-state index contributed by atoms with van der Waals surface area (Å²) in [6.07, 6.45) is 1.60. The average molecular weight is 331 g/mol. The van der Waals surface area contributed by atoms with Crippen LogP contribution in [0.15, 0.2) is 30.3 Å². The molecule has 2 saturated heterocycles. The number of likely N-dealkylation sites (tertiary alicyclic amines) is 1. The zero-order valence-corrected chi connectivity index (χ0v) is 14.1. The Morgan fingerprint density at radius 3 is 2.79 bits per heavy atom. The number of likely N-dealkylation sites (N-methyl/N-ethyl adjacent to an activating group) is 1. The number of hydrogen-bond donors (Lipinski definition) is 1. The summed E-state index contributed by atoms with van der Waals surface area (Å²) in [5.41, 5.74) is 0.634. The highest BCUT2D eigenvalue weighted by molar-refractivity contribution is 5.97. The van der Waals surface area contributed by atoms with Crippen molar-refractivity contribution in [2.24, 2.45) is 0 Å². The van der Waals surface area contributed by atoms with Crippen LogP contribution in [-0.2, 0) is 9.53 Å². The third-order valence-electron chi connectivity index (χ3n) is 4.68. The molecular weight excluding hydrogens is 306 g/mol. The van der Waals surface area contributed by atoms with Gasteiger partial charge in [0, 0.05) is 31.7 Å². The van der Waals surface area contributed by atoms with Crippen molar-refractivity contribution in [3.05, 3.63) is 35.9 Å². The molecule has 0 radical (unpaired) electrons. The maximum atomic E-state index is 12.6. The fourth-order valence-electron chi connectivity index (χ4n) is 3.35. The normalized spacial score (nSPS) is 24.8. The molecule has 2 aliphatic heterocycles. The molecule has 0 spiro atoms. The molecule has 2 fully saturated rings. The fourth-order valence-corrected chi connectivity index (χ4v) is 3.35. The van der Waals surface area contributed by atoms with Crippen LogP contribution in [0.1, 0.15) is 23.2 Å². The Kier molecular flexibility index (Phi) is 5.48. The van der Waals surface area contributed by atoms with Crippen LogP contribution in [0.2, 0.25) is 0 Å². The molecule has 2 aliphatic rings. The molecule has 0 aromatic heterocycles. The quantitative estimate of drug-likeness (QED) is 0.884. The van der Waals surface area contributed by atoms with Gasteiger partial charge in [0.05, 0.1) is 12.7 Å². The lowest BCUT2D eigenvalue weighted by atomic mass is 10.1. The standard InChI is InChI=1S/C18H25N3O3/c1-20-10-11-24-15(13-20)12-19-17(22)16-8-5-9-21(16)18(23)14-6-3-2-4-7-14/h2-4,6-7,15-16H,5,8-13H2,1H3,(H,19,22). The van der Waals surface area contributed by atoms with E-state index in [-0.39, 0.29) is 24.0 Å². The van der Waals surface area contributed by atoms with Crippen molar-refractivity contribution in [3.63, 3.8) is 0 Å². The first-order valence-corrected chi connectivity index (χ1v) is 8.59. The third kappa shape index (κ3) is 3.94. The SMILES string of the molecule is CN1CCOC(CNC(=O)C2CCCN2C(=O)c2ccccc2)C1. The zero-order chi connectivity index (χ0) is 16.9. The number of morpholine rings is 1. The van der Waals surface area contributed by atoms with E-state index in [0.29, 0.717) is 25.3 Å². The van der Waals surface area contributed by atoms with Crippen molar-refractivity contribution in [3.8, 4) is 0 Å². The van der Waals surface area contributed by atoms with Gasteiger partial charge in [-0.2, -0.15) is 0 Å². The minimum absolute atomic E-state index is 0.0207.